The van der Waals surface area contributed by atoms with Crippen molar-refractivity contribution >= 4 is 11.6 Å². The molecule has 0 aromatic heterocycles. The summed E-state index contributed by atoms with van der Waals surface area (Å²) < 4.78 is 0. The van der Waals surface area contributed by atoms with Crippen LogP contribution in [0, 0.1) is 0 Å². The maximum atomic E-state index is 9.77. The molecule has 0 aliphatic rings. The Bertz CT molecular complexity index is 569. The summed E-state index contributed by atoms with van der Waals surface area (Å²) in [5, 5.41) is 23.2. The fourth-order valence-corrected chi connectivity index (χ4v) is 2.25. The van der Waals surface area contributed by atoms with Crippen molar-refractivity contribution in [2.24, 2.45) is 0 Å². The zero-order valence-corrected chi connectivity index (χ0v) is 12.1. The van der Waals surface area contributed by atoms with Gasteiger partial charge in [0, 0.05) is 29.2 Å². The number of hydrogen-bond donors (Lipinski definition) is 3. The van der Waals surface area contributed by atoms with Crippen LogP contribution in [0.3, 0.4) is 0 Å². The molecule has 0 heterocycles. The maximum Gasteiger partial charge on any atom is 0.123 e. The van der Waals surface area contributed by atoms with Crippen LogP contribution in [0.5, 0.6) is 11.5 Å². The molecule has 2 aromatic rings. The smallest absolute Gasteiger partial charge is 0.123 e. The molecule has 0 amide bonds. The predicted octanol–water partition coefficient (Wildman–Crippen LogP) is 3.99. The van der Waals surface area contributed by atoms with Crippen molar-refractivity contribution in [3.8, 4) is 11.5 Å². The molecule has 2 rings (SSSR count). The van der Waals surface area contributed by atoms with Gasteiger partial charge in [0.2, 0.25) is 0 Å². The SMILES string of the molecule is CCC(NCc1ccc(O)cc1O)c1ccc(Cl)cc1. The van der Waals surface area contributed by atoms with E-state index in [0.29, 0.717) is 6.54 Å². The molecular formula is C16H18ClNO2. The van der Waals surface area contributed by atoms with Crippen molar-refractivity contribution in [2.75, 3.05) is 0 Å². The van der Waals surface area contributed by atoms with Gasteiger partial charge < -0.3 is 15.5 Å². The summed E-state index contributed by atoms with van der Waals surface area (Å²) >= 11 is 5.89. The zero-order valence-electron chi connectivity index (χ0n) is 11.3. The van der Waals surface area contributed by atoms with Crippen LogP contribution in [0.2, 0.25) is 5.02 Å². The maximum absolute atomic E-state index is 9.77. The Hall–Kier alpha value is -1.71. The summed E-state index contributed by atoms with van der Waals surface area (Å²) in [4.78, 5) is 0. The van der Waals surface area contributed by atoms with Gasteiger partial charge >= 0.3 is 0 Å². The average molecular weight is 292 g/mol. The number of phenols is 2. The molecule has 20 heavy (non-hydrogen) atoms. The number of aromatic hydroxyl groups is 2. The highest BCUT2D eigenvalue weighted by molar-refractivity contribution is 6.30. The van der Waals surface area contributed by atoms with Gasteiger partial charge in [0.15, 0.2) is 0 Å². The van der Waals surface area contributed by atoms with Gasteiger partial charge in [-0.05, 0) is 30.2 Å². The van der Waals surface area contributed by atoms with Gasteiger partial charge in [0.05, 0.1) is 0 Å². The van der Waals surface area contributed by atoms with E-state index in [1.807, 2.05) is 24.3 Å². The van der Waals surface area contributed by atoms with Gasteiger partial charge in [0.25, 0.3) is 0 Å². The van der Waals surface area contributed by atoms with Crippen LogP contribution in [-0.2, 0) is 6.54 Å². The lowest BCUT2D eigenvalue weighted by atomic mass is 10.0. The van der Waals surface area contributed by atoms with E-state index >= 15 is 0 Å². The number of benzene rings is 2. The Kier molecular flexibility index (Phi) is 4.88. The molecule has 0 bridgehead atoms. The summed E-state index contributed by atoms with van der Waals surface area (Å²) in [5.74, 6) is 0.166. The summed E-state index contributed by atoms with van der Waals surface area (Å²) in [5.41, 5.74) is 1.92. The molecule has 0 radical (unpaired) electrons. The first kappa shape index (κ1) is 14.7. The average Bonchev–Trinajstić information content (AvgIpc) is 2.43. The van der Waals surface area contributed by atoms with E-state index in [2.05, 4.69) is 12.2 Å². The number of rotatable bonds is 5. The van der Waals surface area contributed by atoms with E-state index in [0.717, 1.165) is 22.6 Å². The molecule has 0 saturated heterocycles. The molecule has 106 valence electrons. The Morgan fingerprint density at radius 1 is 1.10 bits per heavy atom. The van der Waals surface area contributed by atoms with Crippen LogP contribution < -0.4 is 5.32 Å². The third kappa shape index (κ3) is 3.65. The number of phenolic OH excluding ortho intramolecular Hbond substituents is 2. The molecule has 2 aromatic carbocycles. The molecule has 1 atom stereocenters. The van der Waals surface area contributed by atoms with Crippen molar-refractivity contribution in [1.29, 1.82) is 0 Å². The highest BCUT2D eigenvalue weighted by atomic mass is 35.5. The van der Waals surface area contributed by atoms with E-state index in [9.17, 15) is 10.2 Å². The predicted molar refractivity (Wildman–Crippen MR) is 81.1 cm³/mol. The van der Waals surface area contributed by atoms with Crippen molar-refractivity contribution in [2.45, 2.75) is 25.9 Å². The molecule has 3 nitrogen and oxygen atoms in total. The second-order valence-electron chi connectivity index (χ2n) is 4.71. The standard InChI is InChI=1S/C16H18ClNO2/c1-2-15(11-3-6-13(17)7-4-11)18-10-12-5-8-14(19)9-16(12)20/h3-9,15,18-20H,2,10H2,1H3. The molecule has 0 aliphatic heterocycles. The molecule has 3 N–H and O–H groups in total. The Morgan fingerprint density at radius 2 is 1.80 bits per heavy atom. The first-order valence-corrected chi connectivity index (χ1v) is 6.97. The molecule has 0 fully saturated rings. The topological polar surface area (TPSA) is 52.5 Å². The first-order chi connectivity index (χ1) is 9.60. The van der Waals surface area contributed by atoms with Crippen LogP contribution in [0.15, 0.2) is 42.5 Å². The summed E-state index contributed by atoms with van der Waals surface area (Å²) in [6.45, 7) is 2.64. The third-order valence-corrected chi connectivity index (χ3v) is 3.54. The normalized spacial score (nSPS) is 12.3. The Morgan fingerprint density at radius 3 is 2.40 bits per heavy atom. The van der Waals surface area contributed by atoms with E-state index < -0.39 is 0 Å². The van der Waals surface area contributed by atoms with Gasteiger partial charge in [-0.3, -0.25) is 0 Å². The van der Waals surface area contributed by atoms with E-state index in [1.165, 1.54) is 6.07 Å². The van der Waals surface area contributed by atoms with Gasteiger partial charge in [-0.15, -0.1) is 0 Å². The van der Waals surface area contributed by atoms with Crippen LogP contribution in [-0.4, -0.2) is 10.2 Å². The number of halogens is 1. The third-order valence-electron chi connectivity index (χ3n) is 3.29. The summed E-state index contributed by atoms with van der Waals surface area (Å²) in [6, 6.07) is 12.6. The molecule has 0 saturated carbocycles. The fraction of sp³-hybridized carbons (Fsp3) is 0.250. The van der Waals surface area contributed by atoms with Gasteiger partial charge in [-0.1, -0.05) is 36.7 Å². The second-order valence-corrected chi connectivity index (χ2v) is 5.14. The van der Waals surface area contributed by atoms with E-state index in [4.69, 9.17) is 11.6 Å². The molecule has 0 spiro atoms. The van der Waals surface area contributed by atoms with Gasteiger partial charge in [-0.2, -0.15) is 0 Å². The second kappa shape index (κ2) is 6.64. The highest BCUT2D eigenvalue weighted by Crippen LogP contribution is 2.24. The Labute approximate surface area is 123 Å². The molecule has 0 aliphatic carbocycles. The largest absolute Gasteiger partial charge is 0.508 e. The molecule has 1 unspecified atom stereocenters. The van der Waals surface area contributed by atoms with Crippen LogP contribution in [0.25, 0.3) is 0 Å². The molecule has 4 heteroatoms. The van der Waals surface area contributed by atoms with Crippen molar-refractivity contribution in [1.82, 2.24) is 5.32 Å². The van der Waals surface area contributed by atoms with E-state index in [-0.39, 0.29) is 17.5 Å². The van der Waals surface area contributed by atoms with Gasteiger partial charge in [-0.25, -0.2) is 0 Å². The minimum atomic E-state index is 0.0657. The summed E-state index contributed by atoms with van der Waals surface area (Å²) in [7, 11) is 0. The van der Waals surface area contributed by atoms with Crippen molar-refractivity contribution < 1.29 is 10.2 Å². The number of nitrogens with one attached hydrogen (secondary N) is 1. The summed E-state index contributed by atoms with van der Waals surface area (Å²) in [6.07, 6.45) is 0.931. The monoisotopic (exact) mass is 291 g/mol. The number of hydrogen-bond acceptors (Lipinski definition) is 3. The fourth-order valence-electron chi connectivity index (χ4n) is 2.13. The van der Waals surface area contributed by atoms with Crippen molar-refractivity contribution in [3.05, 3.63) is 58.6 Å². The van der Waals surface area contributed by atoms with Crippen LogP contribution in [0.1, 0.15) is 30.5 Å². The lowest BCUT2D eigenvalue weighted by molar-refractivity contribution is 0.438. The highest BCUT2D eigenvalue weighted by Gasteiger charge is 2.10. The zero-order chi connectivity index (χ0) is 14.5. The lowest BCUT2D eigenvalue weighted by Gasteiger charge is -2.18. The van der Waals surface area contributed by atoms with Crippen LogP contribution >= 0.6 is 11.6 Å². The van der Waals surface area contributed by atoms with Gasteiger partial charge in [0.1, 0.15) is 11.5 Å². The Balaban J connectivity index is 2.05. The van der Waals surface area contributed by atoms with E-state index in [1.54, 1.807) is 12.1 Å². The van der Waals surface area contributed by atoms with Crippen molar-refractivity contribution in [3.63, 3.8) is 0 Å². The lowest BCUT2D eigenvalue weighted by Crippen LogP contribution is -2.20. The van der Waals surface area contributed by atoms with Crippen LogP contribution in [0.4, 0.5) is 0 Å². The quantitative estimate of drug-likeness (QED) is 0.781. The minimum absolute atomic E-state index is 0.0657. The molecular weight excluding hydrogens is 274 g/mol. The first-order valence-electron chi connectivity index (χ1n) is 6.60. The minimum Gasteiger partial charge on any atom is -0.508 e.